The van der Waals surface area contributed by atoms with Crippen LogP contribution >= 0.6 is 11.3 Å². The molecule has 10 heteroatoms. The van der Waals surface area contributed by atoms with Crippen LogP contribution in [0.25, 0.3) is 0 Å². The first-order chi connectivity index (χ1) is 20.4. The Kier molecular flexibility index (Phi) is 6.52. The number of rotatable bonds is 6. The van der Waals surface area contributed by atoms with E-state index in [1.807, 2.05) is 21.9 Å². The van der Waals surface area contributed by atoms with Gasteiger partial charge in [-0.1, -0.05) is 6.92 Å². The summed E-state index contributed by atoms with van der Waals surface area (Å²) in [6.45, 7) is 6.77. The minimum Gasteiger partial charge on any atom is -0.381 e. The fourth-order valence-corrected chi connectivity index (χ4v) is 9.48. The van der Waals surface area contributed by atoms with Gasteiger partial charge in [0, 0.05) is 54.1 Å². The van der Waals surface area contributed by atoms with Crippen molar-refractivity contribution in [2.24, 2.45) is 17.8 Å². The predicted octanol–water partition coefficient (Wildman–Crippen LogP) is 4.31. The zero-order chi connectivity index (χ0) is 28.7. The molecule has 9 nitrogen and oxygen atoms in total. The zero-order valence-electron chi connectivity index (χ0n) is 24.6. The summed E-state index contributed by atoms with van der Waals surface area (Å²) in [5.41, 5.74) is 3.29. The molecule has 1 N–H and O–H groups in total. The number of fused-ring (bicyclic) bond motifs is 3. The van der Waals surface area contributed by atoms with Crippen molar-refractivity contribution in [3.63, 3.8) is 0 Å². The smallest absolute Gasteiger partial charge is 0.274 e. The zero-order valence-corrected chi connectivity index (χ0v) is 25.5. The lowest BCUT2D eigenvalue weighted by Gasteiger charge is -2.39. The molecule has 0 aromatic carbocycles. The molecule has 5 atom stereocenters. The van der Waals surface area contributed by atoms with E-state index in [2.05, 4.69) is 12.2 Å². The van der Waals surface area contributed by atoms with E-state index in [0.29, 0.717) is 43.3 Å². The van der Waals surface area contributed by atoms with Gasteiger partial charge in [-0.2, -0.15) is 5.10 Å². The van der Waals surface area contributed by atoms with Crippen molar-refractivity contribution < 1.29 is 19.1 Å². The van der Waals surface area contributed by atoms with Crippen LogP contribution in [0.15, 0.2) is 5.38 Å². The fraction of sp³-hybridized carbons (Fsp3) is 0.688. The first-order valence-electron chi connectivity index (χ1n) is 16.2. The predicted molar refractivity (Wildman–Crippen MR) is 159 cm³/mol. The highest BCUT2D eigenvalue weighted by Gasteiger charge is 2.54. The molecule has 2 aromatic heterocycles. The van der Waals surface area contributed by atoms with Gasteiger partial charge < -0.3 is 15.0 Å². The molecule has 224 valence electrons. The van der Waals surface area contributed by atoms with E-state index in [9.17, 15) is 14.4 Å². The maximum Gasteiger partial charge on any atom is 0.274 e. The highest BCUT2D eigenvalue weighted by atomic mass is 32.1. The fourth-order valence-electron chi connectivity index (χ4n) is 8.24. The normalized spacial score (nSPS) is 30.6. The van der Waals surface area contributed by atoms with Crippen LogP contribution in [0.3, 0.4) is 0 Å². The number of aromatic nitrogens is 2. The van der Waals surface area contributed by atoms with Gasteiger partial charge in [0.05, 0.1) is 11.6 Å². The summed E-state index contributed by atoms with van der Waals surface area (Å²) in [6, 6.07) is -0.299. The van der Waals surface area contributed by atoms with Crippen molar-refractivity contribution in [2.45, 2.75) is 95.7 Å². The maximum atomic E-state index is 14.4. The first kappa shape index (κ1) is 26.9. The minimum atomic E-state index is -0.707. The van der Waals surface area contributed by atoms with Gasteiger partial charge in [0.15, 0.2) is 5.69 Å². The van der Waals surface area contributed by atoms with Gasteiger partial charge in [-0.05, 0) is 88.0 Å². The Morgan fingerprint density at radius 1 is 1.12 bits per heavy atom. The Hall–Kier alpha value is -2.72. The number of hydrogen-bond donors (Lipinski definition) is 1. The molecule has 4 fully saturated rings. The largest absolute Gasteiger partial charge is 0.381 e. The first-order valence-corrected chi connectivity index (χ1v) is 17.0. The minimum absolute atomic E-state index is 0.00390. The molecule has 2 saturated heterocycles. The van der Waals surface area contributed by atoms with E-state index in [4.69, 9.17) is 9.84 Å². The number of thiophene rings is 1. The van der Waals surface area contributed by atoms with Crippen LogP contribution in [0.1, 0.15) is 108 Å². The molecule has 3 aliphatic heterocycles. The number of amides is 3. The number of piperidine rings is 1. The molecule has 2 aromatic rings. The SMILES string of the molecule is CCN1C(=O)[C@@H](NC(=O)c2csc3c2CCC(C)C3)[C@@H](C2CC2)c2c(C(=O)N3CCC4C[C@H]43)nn(C3CCOCC3)c21. The van der Waals surface area contributed by atoms with Crippen LogP contribution < -0.4 is 10.2 Å². The second kappa shape index (κ2) is 10.2. The molecule has 5 heterocycles. The lowest BCUT2D eigenvalue weighted by atomic mass is 9.82. The Morgan fingerprint density at radius 3 is 2.62 bits per heavy atom. The van der Waals surface area contributed by atoms with Gasteiger partial charge in [-0.3, -0.25) is 19.3 Å². The molecular formula is C32H41N5O4S. The number of carbonyl (C=O) groups is 3. The van der Waals surface area contributed by atoms with Crippen molar-refractivity contribution >= 4 is 34.9 Å². The number of carbonyl (C=O) groups excluding carboxylic acids is 3. The third-order valence-corrected chi connectivity index (χ3v) is 11.9. The van der Waals surface area contributed by atoms with Gasteiger partial charge in [-0.25, -0.2) is 4.68 Å². The third-order valence-electron chi connectivity index (χ3n) is 10.8. The highest BCUT2D eigenvalue weighted by Crippen LogP contribution is 2.53. The molecule has 2 unspecified atom stereocenters. The molecule has 2 saturated carbocycles. The quantitative estimate of drug-likeness (QED) is 0.540. The Balaban J connectivity index is 1.21. The number of likely N-dealkylation sites (N-methyl/N-ethyl adjacent to an activating group) is 1. The van der Waals surface area contributed by atoms with E-state index in [1.54, 1.807) is 16.2 Å². The van der Waals surface area contributed by atoms with Gasteiger partial charge in [0.1, 0.15) is 11.9 Å². The Morgan fingerprint density at radius 2 is 1.93 bits per heavy atom. The molecular weight excluding hydrogens is 550 g/mol. The van der Waals surface area contributed by atoms with Crippen molar-refractivity contribution in [3.8, 4) is 0 Å². The molecule has 3 amide bonds. The van der Waals surface area contributed by atoms with Crippen LogP contribution in [0.2, 0.25) is 0 Å². The summed E-state index contributed by atoms with van der Waals surface area (Å²) in [7, 11) is 0. The van der Waals surface area contributed by atoms with Crippen LogP contribution in [0.4, 0.5) is 5.82 Å². The topological polar surface area (TPSA) is 96.8 Å². The van der Waals surface area contributed by atoms with Crippen molar-refractivity contribution in [1.29, 1.82) is 0 Å². The second-order valence-corrected chi connectivity index (χ2v) is 14.5. The summed E-state index contributed by atoms with van der Waals surface area (Å²) >= 11 is 1.67. The van der Waals surface area contributed by atoms with Crippen LogP contribution in [-0.4, -0.2) is 70.8 Å². The van der Waals surface area contributed by atoms with Gasteiger partial charge in [0.25, 0.3) is 17.7 Å². The maximum absolute atomic E-state index is 14.4. The van der Waals surface area contributed by atoms with Gasteiger partial charge in [0.2, 0.25) is 0 Å². The van der Waals surface area contributed by atoms with E-state index >= 15 is 0 Å². The summed E-state index contributed by atoms with van der Waals surface area (Å²) in [4.78, 5) is 47.7. The number of hydrogen-bond acceptors (Lipinski definition) is 6. The summed E-state index contributed by atoms with van der Waals surface area (Å²) < 4.78 is 7.66. The number of ether oxygens (including phenoxy) is 1. The lowest BCUT2D eigenvalue weighted by Crippen LogP contribution is -2.56. The Bertz CT molecular complexity index is 1440. The average Bonchev–Trinajstić information content (AvgIpc) is 3.86. The van der Waals surface area contributed by atoms with Crippen molar-refractivity contribution in [2.75, 3.05) is 31.2 Å². The summed E-state index contributed by atoms with van der Waals surface area (Å²) in [5, 5.41) is 10.3. The van der Waals surface area contributed by atoms with Crippen LogP contribution in [0, 0.1) is 17.8 Å². The molecule has 8 rings (SSSR count). The van der Waals surface area contributed by atoms with Gasteiger partial charge in [-0.15, -0.1) is 11.3 Å². The lowest BCUT2D eigenvalue weighted by molar-refractivity contribution is -0.121. The molecule has 42 heavy (non-hydrogen) atoms. The second-order valence-electron chi connectivity index (χ2n) is 13.5. The average molecular weight is 592 g/mol. The van der Waals surface area contributed by atoms with Crippen LogP contribution in [-0.2, 0) is 22.4 Å². The highest BCUT2D eigenvalue weighted by molar-refractivity contribution is 7.10. The third kappa shape index (κ3) is 4.26. The van der Waals surface area contributed by atoms with E-state index < -0.39 is 6.04 Å². The number of likely N-dealkylation sites (tertiary alicyclic amines) is 1. The number of anilines is 1. The van der Waals surface area contributed by atoms with Crippen molar-refractivity contribution in [3.05, 3.63) is 32.6 Å². The molecule has 3 aliphatic carbocycles. The van der Waals surface area contributed by atoms with E-state index in [0.717, 1.165) is 86.8 Å². The molecule has 0 radical (unpaired) electrons. The van der Waals surface area contributed by atoms with E-state index in [1.165, 1.54) is 4.88 Å². The molecule has 0 bridgehead atoms. The number of nitrogens with one attached hydrogen (secondary N) is 1. The van der Waals surface area contributed by atoms with E-state index in [-0.39, 0.29) is 35.6 Å². The van der Waals surface area contributed by atoms with Gasteiger partial charge >= 0.3 is 0 Å². The van der Waals surface area contributed by atoms with Crippen molar-refractivity contribution in [1.82, 2.24) is 20.0 Å². The molecule has 0 spiro atoms. The molecule has 6 aliphatic rings. The Labute approximate surface area is 250 Å². The number of nitrogens with zero attached hydrogens (tertiary/aromatic N) is 4. The summed E-state index contributed by atoms with van der Waals surface area (Å²) in [5.74, 6) is 1.81. The van der Waals surface area contributed by atoms with Crippen LogP contribution in [0.5, 0.6) is 0 Å². The standard InChI is InChI=1S/C32H41N5O4S/c1-3-35-30-26(28(32(40)36-11-8-19-15-23(19)36)34-37(30)20-9-12-41-13-10-20)25(18-5-6-18)27(31(35)39)33-29(38)22-16-42-24-14-17(2)4-7-21(22)24/h16-20,23,25,27H,3-15H2,1-2H3,(H,33,38)/t17?,19?,23-,25+,27+/m1/s1. The monoisotopic (exact) mass is 591 g/mol. The summed E-state index contributed by atoms with van der Waals surface area (Å²) in [6.07, 6.45) is 8.75.